The second-order valence-electron chi connectivity index (χ2n) is 2.75. The molecule has 4 heteroatoms. The Morgan fingerprint density at radius 2 is 2.00 bits per heavy atom. The highest BCUT2D eigenvalue weighted by molar-refractivity contribution is 7.85. The number of hydrogen-bond donors (Lipinski definition) is 1. The third-order valence-corrected chi connectivity index (χ3v) is 2.02. The fourth-order valence-corrected chi connectivity index (χ4v) is 1.49. The first-order valence-corrected chi connectivity index (χ1v) is 4.31. The van der Waals surface area contributed by atoms with Crippen molar-refractivity contribution < 1.29 is 13.0 Å². The van der Waals surface area contributed by atoms with Crippen LogP contribution in [-0.2, 0) is 10.1 Å². The van der Waals surface area contributed by atoms with Gasteiger partial charge in [-0.2, -0.15) is 8.42 Å². The van der Waals surface area contributed by atoms with E-state index in [0.717, 1.165) is 0 Å². The van der Waals surface area contributed by atoms with Gasteiger partial charge in [-0.05, 0) is 13.8 Å². The Morgan fingerprint density at radius 1 is 1.60 bits per heavy atom. The van der Waals surface area contributed by atoms with Crippen LogP contribution in [0.4, 0.5) is 0 Å². The number of terminal acetylenes is 1. The highest BCUT2D eigenvalue weighted by Crippen LogP contribution is 2.14. The summed E-state index contributed by atoms with van der Waals surface area (Å²) in [4.78, 5) is 0. The lowest BCUT2D eigenvalue weighted by Crippen LogP contribution is -2.21. The molecule has 0 aromatic heterocycles. The van der Waals surface area contributed by atoms with Crippen molar-refractivity contribution in [2.75, 3.05) is 5.75 Å². The lowest BCUT2D eigenvalue weighted by molar-refractivity contribution is 0.456. The van der Waals surface area contributed by atoms with Crippen LogP contribution in [0.25, 0.3) is 0 Å². The predicted octanol–water partition coefficient (Wildman–Crippen LogP) is 0.534. The normalized spacial score (nSPS) is 12.6. The summed E-state index contributed by atoms with van der Waals surface area (Å²) in [5.41, 5.74) is -0.784. The van der Waals surface area contributed by atoms with Crippen LogP contribution in [0.15, 0.2) is 0 Å². The van der Waals surface area contributed by atoms with Crippen molar-refractivity contribution in [3.63, 3.8) is 0 Å². The molecule has 10 heavy (non-hydrogen) atoms. The van der Waals surface area contributed by atoms with Crippen molar-refractivity contribution in [2.24, 2.45) is 5.41 Å². The molecule has 58 valence electrons. The summed E-state index contributed by atoms with van der Waals surface area (Å²) in [5.74, 6) is 1.87. The van der Waals surface area contributed by atoms with Gasteiger partial charge < -0.3 is 0 Å². The molecule has 3 nitrogen and oxygen atoms in total. The molecule has 0 aliphatic carbocycles. The van der Waals surface area contributed by atoms with Crippen LogP contribution < -0.4 is 0 Å². The van der Waals surface area contributed by atoms with E-state index in [1.807, 2.05) is 0 Å². The van der Waals surface area contributed by atoms with E-state index in [1.54, 1.807) is 13.8 Å². The summed E-state index contributed by atoms with van der Waals surface area (Å²) in [7, 11) is -3.94. The molecule has 0 aliphatic rings. The highest BCUT2D eigenvalue weighted by atomic mass is 32.2. The van der Waals surface area contributed by atoms with Crippen LogP contribution in [0.5, 0.6) is 0 Å². The van der Waals surface area contributed by atoms with Crippen molar-refractivity contribution in [3.8, 4) is 12.3 Å². The molecule has 0 rings (SSSR count). The first-order valence-electron chi connectivity index (χ1n) is 2.70. The standard InChI is InChI=1S/C6H10O3S/c1-4-6(2,3)5-10(7,8)9/h1H,5H2,2-3H3,(H,7,8,9). The van der Waals surface area contributed by atoms with Gasteiger partial charge in [0.05, 0.1) is 5.75 Å². The van der Waals surface area contributed by atoms with Crippen LogP contribution in [0.1, 0.15) is 13.8 Å². The predicted molar refractivity (Wildman–Crippen MR) is 39.0 cm³/mol. The van der Waals surface area contributed by atoms with E-state index in [0.29, 0.717) is 0 Å². The van der Waals surface area contributed by atoms with Gasteiger partial charge in [-0.15, -0.1) is 6.42 Å². The van der Waals surface area contributed by atoms with E-state index in [2.05, 4.69) is 5.92 Å². The zero-order valence-corrected chi connectivity index (χ0v) is 6.77. The Morgan fingerprint density at radius 3 is 2.10 bits per heavy atom. The minimum atomic E-state index is -3.94. The minimum Gasteiger partial charge on any atom is -0.285 e. The average molecular weight is 162 g/mol. The monoisotopic (exact) mass is 162 g/mol. The smallest absolute Gasteiger partial charge is 0.266 e. The third-order valence-electron chi connectivity index (χ3n) is 0.934. The molecular formula is C6H10O3S. The second kappa shape index (κ2) is 2.60. The van der Waals surface area contributed by atoms with Crippen LogP contribution >= 0.6 is 0 Å². The van der Waals surface area contributed by atoms with Gasteiger partial charge in [-0.25, -0.2) is 0 Å². The van der Waals surface area contributed by atoms with E-state index >= 15 is 0 Å². The Hall–Kier alpha value is -0.530. The van der Waals surface area contributed by atoms with Gasteiger partial charge in [0.2, 0.25) is 0 Å². The van der Waals surface area contributed by atoms with Crippen molar-refractivity contribution in [3.05, 3.63) is 0 Å². The molecule has 0 amide bonds. The summed E-state index contributed by atoms with van der Waals surface area (Å²) < 4.78 is 28.9. The summed E-state index contributed by atoms with van der Waals surface area (Å²) in [6, 6.07) is 0. The number of hydrogen-bond acceptors (Lipinski definition) is 2. The van der Waals surface area contributed by atoms with Crippen LogP contribution in [0.2, 0.25) is 0 Å². The second-order valence-corrected chi connectivity index (χ2v) is 4.21. The maximum atomic E-state index is 10.3. The van der Waals surface area contributed by atoms with Gasteiger partial charge in [-0.1, -0.05) is 5.92 Å². The molecule has 0 spiro atoms. The SMILES string of the molecule is C#CC(C)(C)CS(=O)(=O)O. The van der Waals surface area contributed by atoms with E-state index in [1.165, 1.54) is 0 Å². The minimum absolute atomic E-state index is 0.392. The Bertz CT molecular complexity index is 243. The van der Waals surface area contributed by atoms with Crippen molar-refractivity contribution in [1.29, 1.82) is 0 Å². The topological polar surface area (TPSA) is 54.4 Å². The molecule has 0 unspecified atom stereocenters. The molecule has 0 atom stereocenters. The fraction of sp³-hybridized carbons (Fsp3) is 0.667. The first-order chi connectivity index (χ1) is 4.27. The van der Waals surface area contributed by atoms with Crippen LogP contribution in [0, 0.1) is 17.8 Å². The molecule has 0 radical (unpaired) electrons. The van der Waals surface area contributed by atoms with Gasteiger partial charge >= 0.3 is 0 Å². The lowest BCUT2D eigenvalue weighted by atomic mass is 9.98. The molecule has 0 aromatic rings. The molecule has 0 bridgehead atoms. The summed E-state index contributed by atoms with van der Waals surface area (Å²) >= 11 is 0. The zero-order chi connectivity index (χ0) is 8.41. The fourth-order valence-electron chi connectivity index (χ4n) is 0.498. The van der Waals surface area contributed by atoms with Crippen LogP contribution in [0.3, 0.4) is 0 Å². The van der Waals surface area contributed by atoms with Crippen LogP contribution in [-0.4, -0.2) is 18.7 Å². The van der Waals surface area contributed by atoms with Crippen molar-refractivity contribution in [1.82, 2.24) is 0 Å². The maximum absolute atomic E-state index is 10.3. The van der Waals surface area contributed by atoms with Gasteiger partial charge in [0.1, 0.15) is 0 Å². The van der Waals surface area contributed by atoms with E-state index < -0.39 is 21.3 Å². The maximum Gasteiger partial charge on any atom is 0.266 e. The summed E-state index contributed by atoms with van der Waals surface area (Å²) in [5, 5.41) is 0. The van der Waals surface area contributed by atoms with E-state index in [-0.39, 0.29) is 0 Å². The van der Waals surface area contributed by atoms with Gasteiger partial charge in [0, 0.05) is 5.41 Å². The van der Waals surface area contributed by atoms with Crippen molar-refractivity contribution in [2.45, 2.75) is 13.8 Å². The Kier molecular flexibility index (Phi) is 2.47. The van der Waals surface area contributed by atoms with Gasteiger partial charge in [0.15, 0.2) is 0 Å². The summed E-state index contributed by atoms with van der Waals surface area (Å²) in [6.07, 6.45) is 4.99. The summed E-state index contributed by atoms with van der Waals surface area (Å²) in [6.45, 7) is 3.14. The molecule has 0 aromatic carbocycles. The quantitative estimate of drug-likeness (QED) is 0.476. The Labute approximate surface area is 61.2 Å². The largest absolute Gasteiger partial charge is 0.285 e. The average Bonchev–Trinajstić information content (AvgIpc) is 1.60. The van der Waals surface area contributed by atoms with Crippen molar-refractivity contribution >= 4 is 10.1 Å². The third kappa shape index (κ3) is 4.36. The zero-order valence-electron chi connectivity index (χ0n) is 5.96. The molecule has 0 aliphatic heterocycles. The molecule has 0 saturated carbocycles. The molecule has 1 N–H and O–H groups in total. The van der Waals surface area contributed by atoms with Gasteiger partial charge in [0.25, 0.3) is 10.1 Å². The Balaban J connectivity index is 4.35. The molecule has 0 fully saturated rings. The van der Waals surface area contributed by atoms with E-state index in [4.69, 9.17) is 11.0 Å². The lowest BCUT2D eigenvalue weighted by Gasteiger charge is -2.13. The molecule has 0 saturated heterocycles. The molecule has 0 heterocycles. The van der Waals surface area contributed by atoms with E-state index in [9.17, 15) is 8.42 Å². The highest BCUT2D eigenvalue weighted by Gasteiger charge is 2.21. The molecular weight excluding hydrogens is 152 g/mol. The number of rotatable bonds is 2. The first kappa shape index (κ1) is 9.47. The van der Waals surface area contributed by atoms with Gasteiger partial charge in [-0.3, -0.25) is 4.55 Å².